The highest BCUT2D eigenvalue weighted by Gasteiger charge is 2.11. The summed E-state index contributed by atoms with van der Waals surface area (Å²) in [6.45, 7) is 0. The number of benzene rings is 1. The van der Waals surface area contributed by atoms with Gasteiger partial charge in [-0.25, -0.2) is 0 Å². The van der Waals surface area contributed by atoms with Crippen molar-refractivity contribution in [2.24, 2.45) is 0 Å². The average molecular weight is 181 g/mol. The van der Waals surface area contributed by atoms with Crippen LogP contribution in [-0.4, -0.2) is 17.1 Å². The highest BCUT2D eigenvalue weighted by Crippen LogP contribution is 2.30. The van der Waals surface area contributed by atoms with Gasteiger partial charge in [-0.3, -0.25) is 0 Å². The van der Waals surface area contributed by atoms with E-state index in [0.717, 1.165) is 17.9 Å². The molecule has 1 aromatic carbocycles. The highest BCUT2D eigenvalue weighted by atomic mass is 32.2. The van der Waals surface area contributed by atoms with E-state index >= 15 is 0 Å². The molecule has 12 heavy (non-hydrogen) atoms. The maximum Gasteiger partial charge on any atom is 0.125 e. The smallest absolute Gasteiger partial charge is 0.125 e. The molecule has 1 atom stereocenters. The molecule has 0 fully saturated rings. The van der Waals surface area contributed by atoms with Crippen LogP contribution >= 0.6 is 11.8 Å². The number of thioether (sulfide) groups is 1. The Morgan fingerprint density at radius 3 is 3.17 bits per heavy atom. The third-order valence-electron chi connectivity index (χ3n) is 1.86. The number of aliphatic hydroxyl groups is 1. The molecule has 0 saturated heterocycles. The molecule has 0 aromatic heterocycles. The predicted molar refractivity (Wildman–Crippen MR) is 51.4 cm³/mol. The van der Waals surface area contributed by atoms with E-state index in [0.29, 0.717) is 0 Å². The summed E-state index contributed by atoms with van der Waals surface area (Å²) >= 11 is 1.79. The van der Waals surface area contributed by atoms with Crippen molar-refractivity contribution in [3.05, 3.63) is 24.3 Å². The van der Waals surface area contributed by atoms with Gasteiger partial charge in [0.05, 0.1) is 0 Å². The van der Waals surface area contributed by atoms with Gasteiger partial charge >= 0.3 is 0 Å². The van der Waals surface area contributed by atoms with Crippen LogP contribution in [0.1, 0.15) is 6.42 Å². The first-order valence-corrected chi connectivity index (χ1v) is 5.01. The molecule has 3 heteroatoms. The number of aliphatic hydroxyl groups excluding tert-OH is 1. The number of rotatable bonds is 0. The molecule has 2 nitrogen and oxygen atoms in total. The zero-order valence-corrected chi connectivity index (χ0v) is 7.47. The minimum atomic E-state index is -0.388. The molecular formula is C9H11NOS. The second kappa shape index (κ2) is 3.37. The number of nitrogens with one attached hydrogen (secondary N) is 1. The first kappa shape index (κ1) is 7.95. The molecule has 1 aliphatic rings. The van der Waals surface area contributed by atoms with E-state index in [1.807, 2.05) is 18.2 Å². The lowest BCUT2D eigenvalue weighted by Gasteiger charge is -2.10. The average Bonchev–Trinajstić information content (AvgIpc) is 2.25. The largest absolute Gasteiger partial charge is 0.374 e. The second-order valence-electron chi connectivity index (χ2n) is 2.79. The zero-order valence-electron chi connectivity index (χ0n) is 6.66. The van der Waals surface area contributed by atoms with Crippen LogP contribution in [0.5, 0.6) is 0 Å². The van der Waals surface area contributed by atoms with Crippen molar-refractivity contribution >= 4 is 17.4 Å². The minimum absolute atomic E-state index is 0.388. The lowest BCUT2D eigenvalue weighted by Crippen LogP contribution is -2.17. The molecule has 2 N–H and O–H groups in total. The van der Waals surface area contributed by atoms with Gasteiger partial charge in [-0.05, 0) is 12.1 Å². The van der Waals surface area contributed by atoms with Crippen LogP contribution in [0.15, 0.2) is 29.2 Å². The Hall–Kier alpha value is -0.670. The number of hydrogen-bond donors (Lipinski definition) is 2. The van der Waals surface area contributed by atoms with Crippen molar-refractivity contribution in [2.75, 3.05) is 11.1 Å². The highest BCUT2D eigenvalue weighted by molar-refractivity contribution is 7.99. The molecule has 2 rings (SSSR count). The number of hydrogen-bond acceptors (Lipinski definition) is 3. The second-order valence-corrected chi connectivity index (χ2v) is 3.93. The van der Waals surface area contributed by atoms with Gasteiger partial charge in [0.15, 0.2) is 0 Å². The van der Waals surface area contributed by atoms with Crippen LogP contribution in [0, 0.1) is 0 Å². The Bertz CT molecular complexity index is 277. The van der Waals surface area contributed by atoms with Gasteiger partial charge in [0.2, 0.25) is 0 Å². The van der Waals surface area contributed by atoms with Crippen molar-refractivity contribution in [3.8, 4) is 0 Å². The fraction of sp³-hybridized carbons (Fsp3) is 0.333. The van der Waals surface area contributed by atoms with Crippen LogP contribution in [0.25, 0.3) is 0 Å². The summed E-state index contributed by atoms with van der Waals surface area (Å²) in [5.41, 5.74) is 1.05. The predicted octanol–water partition coefficient (Wildman–Crippen LogP) is 1.91. The van der Waals surface area contributed by atoms with Gasteiger partial charge in [0, 0.05) is 22.8 Å². The summed E-state index contributed by atoms with van der Waals surface area (Å²) in [5, 5.41) is 12.5. The summed E-state index contributed by atoms with van der Waals surface area (Å²) in [5.74, 6) is 0.977. The van der Waals surface area contributed by atoms with Gasteiger partial charge in [-0.1, -0.05) is 12.1 Å². The maximum atomic E-state index is 9.41. The van der Waals surface area contributed by atoms with Crippen molar-refractivity contribution in [1.29, 1.82) is 0 Å². The van der Waals surface area contributed by atoms with Crippen molar-refractivity contribution in [1.82, 2.24) is 0 Å². The maximum absolute atomic E-state index is 9.41. The third-order valence-corrected chi connectivity index (χ3v) is 2.96. The standard InChI is InChI=1S/C9H11NOS/c11-9-5-6-12-8-4-2-1-3-7(8)10-9/h1-4,9-11H,5-6H2. The molecule has 1 heterocycles. The van der Waals surface area contributed by atoms with Crippen LogP contribution in [-0.2, 0) is 0 Å². The van der Waals surface area contributed by atoms with E-state index in [4.69, 9.17) is 0 Å². The Kier molecular flexibility index (Phi) is 2.23. The van der Waals surface area contributed by atoms with E-state index in [-0.39, 0.29) is 6.23 Å². The molecule has 0 amide bonds. The molecule has 0 radical (unpaired) electrons. The zero-order chi connectivity index (χ0) is 8.39. The molecule has 1 unspecified atom stereocenters. The molecule has 0 saturated carbocycles. The molecular weight excluding hydrogens is 170 g/mol. The normalized spacial score (nSPS) is 22.2. The van der Waals surface area contributed by atoms with Gasteiger partial charge in [-0.15, -0.1) is 11.8 Å². The lowest BCUT2D eigenvalue weighted by atomic mass is 10.3. The van der Waals surface area contributed by atoms with Crippen molar-refractivity contribution in [2.45, 2.75) is 17.5 Å². The fourth-order valence-electron chi connectivity index (χ4n) is 1.24. The Labute approximate surface area is 76.0 Å². The van der Waals surface area contributed by atoms with Crippen LogP contribution in [0.4, 0.5) is 5.69 Å². The third kappa shape index (κ3) is 1.57. The van der Waals surface area contributed by atoms with Gasteiger partial charge in [0.25, 0.3) is 0 Å². The first-order valence-electron chi connectivity index (χ1n) is 4.03. The van der Waals surface area contributed by atoms with Crippen molar-refractivity contribution < 1.29 is 5.11 Å². The van der Waals surface area contributed by atoms with E-state index in [1.165, 1.54) is 4.90 Å². The number of fused-ring (bicyclic) bond motifs is 1. The molecule has 64 valence electrons. The topological polar surface area (TPSA) is 32.3 Å². The fourth-order valence-corrected chi connectivity index (χ4v) is 2.26. The summed E-state index contributed by atoms with van der Waals surface area (Å²) in [7, 11) is 0. The quantitative estimate of drug-likeness (QED) is 0.641. The van der Waals surface area contributed by atoms with Crippen molar-refractivity contribution in [3.63, 3.8) is 0 Å². The number of para-hydroxylation sites is 1. The summed E-state index contributed by atoms with van der Waals surface area (Å²) < 4.78 is 0. The molecule has 1 aromatic rings. The molecule has 0 aliphatic carbocycles. The summed E-state index contributed by atoms with van der Waals surface area (Å²) in [6.07, 6.45) is 0.417. The Morgan fingerprint density at radius 2 is 2.25 bits per heavy atom. The van der Waals surface area contributed by atoms with Crippen LogP contribution < -0.4 is 5.32 Å². The molecule has 0 bridgehead atoms. The lowest BCUT2D eigenvalue weighted by molar-refractivity contribution is 0.201. The van der Waals surface area contributed by atoms with E-state index in [1.54, 1.807) is 11.8 Å². The van der Waals surface area contributed by atoms with Gasteiger partial charge in [0.1, 0.15) is 6.23 Å². The summed E-state index contributed by atoms with van der Waals surface area (Å²) in [6, 6.07) is 8.07. The van der Waals surface area contributed by atoms with E-state index < -0.39 is 0 Å². The van der Waals surface area contributed by atoms with E-state index in [2.05, 4.69) is 11.4 Å². The monoisotopic (exact) mass is 181 g/mol. The van der Waals surface area contributed by atoms with Gasteiger partial charge < -0.3 is 10.4 Å². The minimum Gasteiger partial charge on any atom is -0.374 e. The summed E-state index contributed by atoms with van der Waals surface area (Å²) in [4.78, 5) is 1.23. The first-order chi connectivity index (χ1) is 5.86. The van der Waals surface area contributed by atoms with Crippen LogP contribution in [0.2, 0.25) is 0 Å². The SMILES string of the molecule is OC1CCSc2ccccc2N1. The number of anilines is 1. The molecule has 1 aliphatic heterocycles. The van der Waals surface area contributed by atoms with Crippen LogP contribution in [0.3, 0.4) is 0 Å². The molecule has 0 spiro atoms. The Morgan fingerprint density at radius 1 is 1.42 bits per heavy atom. The van der Waals surface area contributed by atoms with Gasteiger partial charge in [-0.2, -0.15) is 0 Å². The Balaban J connectivity index is 2.31. The van der Waals surface area contributed by atoms with E-state index in [9.17, 15) is 5.11 Å².